The molecule has 0 amide bonds. The third kappa shape index (κ3) is 4.81. The fraction of sp³-hybridized carbons (Fsp3) is 0.542. The molecule has 160 valence electrons. The summed E-state index contributed by atoms with van der Waals surface area (Å²) >= 11 is 0. The van der Waals surface area contributed by atoms with Crippen LogP contribution in [0.25, 0.3) is 0 Å². The average Bonchev–Trinajstić information content (AvgIpc) is 3.07. The van der Waals surface area contributed by atoms with Gasteiger partial charge < -0.3 is 9.47 Å². The second-order valence-corrected chi connectivity index (χ2v) is 8.53. The standard InChI is InChI=1S/C24H33N5O/c1-19-17-22(20(2)29(19)12-9-21-7-4-3-5-8-21)23(30)18-27-13-15-28(16-14-27)24-25-10-6-11-26-24/h6-7,10-11,17H,3-5,8-9,12-16,18H2,1-2H3. The van der Waals surface area contributed by atoms with Crippen molar-refractivity contribution < 1.29 is 4.79 Å². The fourth-order valence-corrected chi connectivity index (χ4v) is 4.66. The van der Waals surface area contributed by atoms with Gasteiger partial charge in [0.05, 0.1) is 6.54 Å². The zero-order chi connectivity index (χ0) is 20.9. The molecule has 1 aliphatic carbocycles. The van der Waals surface area contributed by atoms with Crippen LogP contribution in [0.15, 0.2) is 36.2 Å². The van der Waals surface area contributed by atoms with E-state index >= 15 is 0 Å². The fourth-order valence-electron chi connectivity index (χ4n) is 4.66. The quantitative estimate of drug-likeness (QED) is 0.516. The van der Waals surface area contributed by atoms with Crippen LogP contribution in [0.4, 0.5) is 5.95 Å². The normalized spacial score (nSPS) is 17.8. The number of hydrogen-bond donors (Lipinski definition) is 0. The third-order valence-electron chi connectivity index (χ3n) is 6.49. The highest BCUT2D eigenvalue weighted by atomic mass is 16.1. The molecule has 2 aromatic heterocycles. The minimum Gasteiger partial charge on any atom is -0.348 e. The number of ketones is 1. The van der Waals surface area contributed by atoms with Crippen LogP contribution >= 0.6 is 0 Å². The number of aromatic nitrogens is 3. The highest BCUT2D eigenvalue weighted by Crippen LogP contribution is 2.23. The van der Waals surface area contributed by atoms with E-state index in [0.29, 0.717) is 6.54 Å². The van der Waals surface area contributed by atoms with E-state index in [1.807, 2.05) is 6.07 Å². The molecule has 0 spiro atoms. The molecular weight excluding hydrogens is 374 g/mol. The highest BCUT2D eigenvalue weighted by Gasteiger charge is 2.23. The Hall–Kier alpha value is -2.47. The van der Waals surface area contributed by atoms with E-state index in [1.54, 1.807) is 18.0 Å². The molecule has 3 heterocycles. The van der Waals surface area contributed by atoms with E-state index in [2.05, 4.69) is 50.3 Å². The number of piperazine rings is 1. The van der Waals surface area contributed by atoms with Crippen LogP contribution in [0.2, 0.25) is 0 Å². The number of carbonyl (C=O) groups is 1. The first kappa shape index (κ1) is 20.8. The largest absolute Gasteiger partial charge is 0.348 e. The zero-order valence-electron chi connectivity index (χ0n) is 18.3. The predicted octanol–water partition coefficient (Wildman–Crippen LogP) is 3.79. The van der Waals surface area contributed by atoms with Gasteiger partial charge in [0.2, 0.25) is 5.95 Å². The van der Waals surface area contributed by atoms with Crippen molar-refractivity contribution in [2.45, 2.75) is 52.5 Å². The number of rotatable bonds is 7. The summed E-state index contributed by atoms with van der Waals surface area (Å²) in [6.45, 7) is 9.11. The van der Waals surface area contributed by atoms with E-state index in [9.17, 15) is 4.79 Å². The van der Waals surface area contributed by atoms with E-state index < -0.39 is 0 Å². The maximum atomic E-state index is 13.1. The van der Waals surface area contributed by atoms with Crippen molar-refractivity contribution in [2.75, 3.05) is 37.6 Å². The maximum Gasteiger partial charge on any atom is 0.225 e. The Balaban J connectivity index is 1.33. The maximum absolute atomic E-state index is 13.1. The van der Waals surface area contributed by atoms with Crippen molar-refractivity contribution in [3.05, 3.63) is 53.1 Å². The Morgan fingerprint density at radius 1 is 1.07 bits per heavy atom. The minimum absolute atomic E-state index is 0.232. The van der Waals surface area contributed by atoms with E-state index in [0.717, 1.165) is 56.4 Å². The Morgan fingerprint density at radius 3 is 2.53 bits per heavy atom. The number of nitrogens with zero attached hydrogens (tertiary/aromatic N) is 5. The summed E-state index contributed by atoms with van der Waals surface area (Å²) in [7, 11) is 0. The molecule has 6 nitrogen and oxygen atoms in total. The van der Waals surface area contributed by atoms with Gasteiger partial charge in [0.25, 0.3) is 0 Å². The number of Topliss-reactive ketones (excluding diaryl/α,β-unsaturated/α-hetero) is 1. The molecule has 0 N–H and O–H groups in total. The monoisotopic (exact) mass is 407 g/mol. The van der Waals surface area contributed by atoms with Gasteiger partial charge in [-0.25, -0.2) is 9.97 Å². The van der Waals surface area contributed by atoms with Gasteiger partial charge in [-0.15, -0.1) is 0 Å². The van der Waals surface area contributed by atoms with Crippen LogP contribution in [0.1, 0.15) is 53.8 Å². The van der Waals surface area contributed by atoms with Crippen molar-refractivity contribution in [3.8, 4) is 0 Å². The summed E-state index contributed by atoms with van der Waals surface area (Å²) in [6, 6.07) is 3.92. The van der Waals surface area contributed by atoms with Crippen molar-refractivity contribution in [2.24, 2.45) is 0 Å². The number of carbonyl (C=O) groups excluding carboxylic acids is 1. The molecule has 0 aromatic carbocycles. The molecule has 0 atom stereocenters. The molecule has 0 saturated carbocycles. The summed E-state index contributed by atoms with van der Waals surface area (Å²) in [5.41, 5.74) is 4.78. The van der Waals surface area contributed by atoms with Crippen LogP contribution in [-0.4, -0.2) is 57.9 Å². The van der Waals surface area contributed by atoms with Gasteiger partial charge in [0, 0.05) is 62.1 Å². The number of hydrogen-bond acceptors (Lipinski definition) is 5. The van der Waals surface area contributed by atoms with Gasteiger partial charge in [-0.1, -0.05) is 11.6 Å². The molecule has 4 rings (SSSR count). The van der Waals surface area contributed by atoms with Gasteiger partial charge in [-0.05, 0) is 58.1 Å². The molecule has 1 saturated heterocycles. The molecule has 1 fully saturated rings. The van der Waals surface area contributed by atoms with Gasteiger partial charge in [0.1, 0.15) is 0 Å². The Labute approximate surface area is 179 Å². The second-order valence-electron chi connectivity index (χ2n) is 8.53. The first-order chi connectivity index (χ1) is 14.6. The van der Waals surface area contributed by atoms with Crippen LogP contribution < -0.4 is 4.90 Å². The summed E-state index contributed by atoms with van der Waals surface area (Å²) in [5, 5.41) is 0. The third-order valence-corrected chi connectivity index (χ3v) is 6.49. The topological polar surface area (TPSA) is 54.3 Å². The zero-order valence-corrected chi connectivity index (χ0v) is 18.3. The molecule has 0 radical (unpaired) electrons. The Kier molecular flexibility index (Phi) is 6.62. The van der Waals surface area contributed by atoms with Crippen molar-refractivity contribution >= 4 is 11.7 Å². The summed E-state index contributed by atoms with van der Waals surface area (Å²) < 4.78 is 2.33. The second kappa shape index (κ2) is 9.56. The number of anilines is 1. The Bertz CT molecular complexity index is 894. The molecule has 2 aromatic rings. The van der Waals surface area contributed by atoms with Crippen molar-refractivity contribution in [1.29, 1.82) is 0 Å². The molecule has 6 heteroatoms. The lowest BCUT2D eigenvalue weighted by Gasteiger charge is -2.34. The van der Waals surface area contributed by atoms with E-state index in [4.69, 9.17) is 0 Å². The smallest absolute Gasteiger partial charge is 0.225 e. The first-order valence-electron chi connectivity index (χ1n) is 11.2. The highest BCUT2D eigenvalue weighted by molar-refractivity contribution is 5.99. The lowest BCUT2D eigenvalue weighted by Crippen LogP contribution is -2.48. The first-order valence-corrected chi connectivity index (χ1v) is 11.2. The van der Waals surface area contributed by atoms with Crippen molar-refractivity contribution in [1.82, 2.24) is 19.4 Å². The van der Waals surface area contributed by atoms with Crippen LogP contribution in [0.3, 0.4) is 0 Å². The van der Waals surface area contributed by atoms with Gasteiger partial charge in [0.15, 0.2) is 5.78 Å². The molecule has 1 aliphatic heterocycles. The van der Waals surface area contributed by atoms with Gasteiger partial charge in [-0.2, -0.15) is 0 Å². The number of allylic oxidation sites excluding steroid dienone is 2. The SMILES string of the molecule is Cc1cc(C(=O)CN2CCN(c3ncccn3)CC2)c(C)n1CCC1=CCCCC1. The molecule has 30 heavy (non-hydrogen) atoms. The average molecular weight is 408 g/mol. The van der Waals surface area contributed by atoms with Crippen LogP contribution in [0, 0.1) is 13.8 Å². The lowest BCUT2D eigenvalue weighted by molar-refractivity contribution is 0.0925. The van der Waals surface area contributed by atoms with Crippen LogP contribution in [0.5, 0.6) is 0 Å². The summed E-state index contributed by atoms with van der Waals surface area (Å²) in [5.74, 6) is 1.01. The predicted molar refractivity (Wildman–Crippen MR) is 120 cm³/mol. The van der Waals surface area contributed by atoms with Crippen LogP contribution in [-0.2, 0) is 6.54 Å². The molecular formula is C24H33N5O. The minimum atomic E-state index is 0.232. The number of aryl methyl sites for hydroxylation is 1. The Morgan fingerprint density at radius 2 is 1.83 bits per heavy atom. The van der Waals surface area contributed by atoms with Gasteiger partial charge >= 0.3 is 0 Å². The lowest BCUT2D eigenvalue weighted by atomic mass is 9.97. The summed E-state index contributed by atoms with van der Waals surface area (Å²) in [6.07, 6.45) is 12.2. The van der Waals surface area contributed by atoms with Gasteiger partial charge in [-0.3, -0.25) is 9.69 Å². The molecule has 0 bridgehead atoms. The van der Waals surface area contributed by atoms with Crippen molar-refractivity contribution in [3.63, 3.8) is 0 Å². The van der Waals surface area contributed by atoms with E-state index in [-0.39, 0.29) is 5.78 Å². The summed E-state index contributed by atoms with van der Waals surface area (Å²) in [4.78, 5) is 26.2. The molecule has 2 aliphatic rings. The van der Waals surface area contributed by atoms with E-state index in [1.165, 1.54) is 31.4 Å². The molecule has 0 unspecified atom stereocenters.